The van der Waals surface area contributed by atoms with E-state index in [2.05, 4.69) is 36.1 Å². The highest BCUT2D eigenvalue weighted by Gasteiger charge is 2.21. The van der Waals surface area contributed by atoms with Crippen LogP contribution in [0.3, 0.4) is 0 Å². The summed E-state index contributed by atoms with van der Waals surface area (Å²) in [5, 5.41) is 12.2. The molecule has 0 fully saturated rings. The number of nitrogens with zero attached hydrogens (tertiary/aromatic N) is 2. The van der Waals surface area contributed by atoms with E-state index in [9.17, 15) is 4.79 Å². The summed E-state index contributed by atoms with van der Waals surface area (Å²) in [4.78, 5) is 19.5. The van der Waals surface area contributed by atoms with E-state index in [0.717, 1.165) is 12.1 Å². The quantitative estimate of drug-likeness (QED) is 0.856. The predicted octanol–water partition coefficient (Wildman–Crippen LogP) is 2.78. The van der Waals surface area contributed by atoms with Gasteiger partial charge in [0.1, 0.15) is 11.6 Å². The van der Waals surface area contributed by atoms with Crippen molar-refractivity contribution in [1.82, 2.24) is 9.97 Å². The van der Waals surface area contributed by atoms with E-state index in [0.29, 0.717) is 11.6 Å². The van der Waals surface area contributed by atoms with Crippen LogP contribution in [0.25, 0.3) is 0 Å². The van der Waals surface area contributed by atoms with Gasteiger partial charge in [-0.05, 0) is 25.7 Å². The third-order valence-electron chi connectivity index (χ3n) is 2.60. The van der Waals surface area contributed by atoms with Crippen molar-refractivity contribution in [3.05, 3.63) is 17.6 Å². The van der Waals surface area contributed by atoms with Crippen LogP contribution in [-0.4, -0.2) is 27.1 Å². The molecule has 1 atom stereocenters. The second kappa shape index (κ2) is 5.99. The number of aromatic nitrogens is 2. The summed E-state index contributed by atoms with van der Waals surface area (Å²) in [5.74, 6) is 0.581. The van der Waals surface area contributed by atoms with Crippen LogP contribution in [0.2, 0.25) is 0 Å². The summed E-state index contributed by atoms with van der Waals surface area (Å²) in [7, 11) is 0. The first-order valence-electron chi connectivity index (χ1n) is 6.46. The van der Waals surface area contributed by atoms with Crippen molar-refractivity contribution in [3.63, 3.8) is 0 Å². The molecule has 0 aliphatic rings. The summed E-state index contributed by atoms with van der Waals surface area (Å²) >= 11 is 0. The number of rotatable bonds is 5. The molecular weight excluding hydrogens is 242 g/mol. The summed E-state index contributed by atoms with van der Waals surface area (Å²) < 4.78 is 0. The minimum atomic E-state index is -0.802. The Morgan fingerprint density at radius 3 is 2.47 bits per heavy atom. The van der Waals surface area contributed by atoms with Gasteiger partial charge in [-0.2, -0.15) is 0 Å². The Kier molecular flexibility index (Phi) is 4.86. The molecule has 0 amide bonds. The molecule has 1 rings (SSSR count). The van der Waals surface area contributed by atoms with Crippen LogP contribution >= 0.6 is 0 Å². The van der Waals surface area contributed by atoms with Gasteiger partial charge in [-0.3, -0.25) is 4.79 Å². The van der Waals surface area contributed by atoms with Gasteiger partial charge in [0.05, 0.1) is 6.42 Å². The molecule has 106 valence electrons. The van der Waals surface area contributed by atoms with E-state index in [1.165, 1.54) is 0 Å². The predicted molar refractivity (Wildman–Crippen MR) is 75.2 cm³/mol. The second-order valence-corrected chi connectivity index (χ2v) is 6.15. The van der Waals surface area contributed by atoms with Crippen LogP contribution in [0.15, 0.2) is 6.07 Å². The van der Waals surface area contributed by atoms with Crippen LogP contribution in [0.1, 0.15) is 45.1 Å². The summed E-state index contributed by atoms with van der Waals surface area (Å²) in [5.41, 5.74) is 0.935. The zero-order valence-corrected chi connectivity index (χ0v) is 12.3. The first kappa shape index (κ1) is 15.4. The van der Waals surface area contributed by atoms with Crippen LogP contribution < -0.4 is 5.32 Å². The van der Waals surface area contributed by atoms with Crippen molar-refractivity contribution >= 4 is 11.8 Å². The topological polar surface area (TPSA) is 75.1 Å². The SMILES string of the molecule is Cc1cc(NC(CC(=O)O)CC(C)(C)C)nc(C)n1. The molecule has 5 heteroatoms. The van der Waals surface area contributed by atoms with Gasteiger partial charge in [0.2, 0.25) is 0 Å². The number of hydrogen-bond acceptors (Lipinski definition) is 4. The van der Waals surface area contributed by atoms with Gasteiger partial charge in [0.25, 0.3) is 0 Å². The van der Waals surface area contributed by atoms with Gasteiger partial charge in [-0.1, -0.05) is 20.8 Å². The molecule has 0 aliphatic carbocycles. The molecule has 0 aliphatic heterocycles. The molecular formula is C14H23N3O2. The van der Waals surface area contributed by atoms with E-state index < -0.39 is 5.97 Å². The zero-order valence-electron chi connectivity index (χ0n) is 12.3. The van der Waals surface area contributed by atoms with Gasteiger partial charge in [0, 0.05) is 17.8 Å². The fourth-order valence-corrected chi connectivity index (χ4v) is 2.12. The molecule has 1 unspecified atom stereocenters. The number of aryl methyl sites for hydroxylation is 2. The average molecular weight is 265 g/mol. The monoisotopic (exact) mass is 265 g/mol. The molecule has 0 saturated carbocycles. The maximum absolute atomic E-state index is 10.9. The van der Waals surface area contributed by atoms with Crippen LogP contribution in [-0.2, 0) is 4.79 Å². The number of hydrogen-bond donors (Lipinski definition) is 2. The number of carbonyl (C=O) groups is 1. The summed E-state index contributed by atoms with van der Waals surface area (Å²) in [6.45, 7) is 10.0. The summed E-state index contributed by atoms with van der Waals surface area (Å²) in [6, 6.07) is 1.70. The molecule has 19 heavy (non-hydrogen) atoms. The van der Waals surface area contributed by atoms with E-state index in [1.54, 1.807) is 0 Å². The van der Waals surface area contributed by atoms with Gasteiger partial charge in [-0.25, -0.2) is 9.97 Å². The first-order valence-corrected chi connectivity index (χ1v) is 6.46. The number of carboxylic acid groups (broad SMARTS) is 1. The molecule has 0 spiro atoms. The van der Waals surface area contributed by atoms with Crippen molar-refractivity contribution < 1.29 is 9.90 Å². The lowest BCUT2D eigenvalue weighted by Crippen LogP contribution is -2.28. The van der Waals surface area contributed by atoms with Gasteiger partial charge in [-0.15, -0.1) is 0 Å². The maximum Gasteiger partial charge on any atom is 0.305 e. The Bertz CT molecular complexity index is 432. The lowest BCUT2D eigenvalue weighted by Gasteiger charge is -2.26. The second-order valence-electron chi connectivity index (χ2n) is 6.15. The van der Waals surface area contributed by atoms with E-state index >= 15 is 0 Å². The number of anilines is 1. The number of aliphatic carboxylic acids is 1. The van der Waals surface area contributed by atoms with E-state index in [-0.39, 0.29) is 17.9 Å². The molecule has 5 nitrogen and oxygen atoms in total. The number of nitrogens with one attached hydrogen (secondary N) is 1. The highest BCUT2D eigenvalue weighted by atomic mass is 16.4. The van der Waals surface area contributed by atoms with Crippen molar-refractivity contribution in [2.24, 2.45) is 5.41 Å². The number of carboxylic acids is 1. The lowest BCUT2D eigenvalue weighted by atomic mass is 9.87. The standard InChI is InChI=1S/C14H23N3O2/c1-9-6-12(16-10(2)15-9)17-11(7-13(18)19)8-14(3,4)5/h6,11H,7-8H2,1-5H3,(H,18,19)(H,15,16,17). The minimum absolute atomic E-state index is 0.0598. The van der Waals surface area contributed by atoms with Gasteiger partial charge < -0.3 is 10.4 Å². The third kappa shape index (κ3) is 6.18. The van der Waals surface area contributed by atoms with Crippen LogP contribution in [0, 0.1) is 19.3 Å². The Hall–Kier alpha value is -1.65. The Balaban J connectivity index is 2.84. The molecule has 1 aromatic heterocycles. The highest BCUT2D eigenvalue weighted by Crippen LogP contribution is 2.24. The molecule has 2 N–H and O–H groups in total. The average Bonchev–Trinajstić information content (AvgIpc) is 2.10. The molecule has 1 heterocycles. The highest BCUT2D eigenvalue weighted by molar-refractivity contribution is 5.68. The fourth-order valence-electron chi connectivity index (χ4n) is 2.12. The summed E-state index contributed by atoms with van der Waals surface area (Å²) in [6.07, 6.45) is 0.848. The molecule has 0 bridgehead atoms. The normalized spacial score (nSPS) is 13.1. The smallest absolute Gasteiger partial charge is 0.305 e. The van der Waals surface area contributed by atoms with Gasteiger partial charge in [0.15, 0.2) is 0 Å². The Morgan fingerprint density at radius 2 is 2.00 bits per heavy atom. The molecule has 0 radical (unpaired) electrons. The van der Waals surface area contributed by atoms with Gasteiger partial charge >= 0.3 is 5.97 Å². The third-order valence-corrected chi connectivity index (χ3v) is 2.60. The zero-order chi connectivity index (χ0) is 14.6. The Labute approximate surface area is 114 Å². The van der Waals surface area contributed by atoms with E-state index in [4.69, 9.17) is 5.11 Å². The maximum atomic E-state index is 10.9. The lowest BCUT2D eigenvalue weighted by molar-refractivity contribution is -0.137. The Morgan fingerprint density at radius 1 is 1.37 bits per heavy atom. The van der Waals surface area contributed by atoms with Crippen molar-refractivity contribution in [2.75, 3.05) is 5.32 Å². The van der Waals surface area contributed by atoms with Crippen molar-refractivity contribution in [1.29, 1.82) is 0 Å². The minimum Gasteiger partial charge on any atom is -0.481 e. The molecule has 1 aromatic rings. The molecule has 0 aromatic carbocycles. The van der Waals surface area contributed by atoms with Crippen molar-refractivity contribution in [2.45, 2.75) is 53.5 Å². The van der Waals surface area contributed by atoms with Crippen LogP contribution in [0.4, 0.5) is 5.82 Å². The molecule has 0 saturated heterocycles. The fraction of sp³-hybridized carbons (Fsp3) is 0.643. The van der Waals surface area contributed by atoms with Crippen LogP contribution in [0.5, 0.6) is 0 Å². The van der Waals surface area contributed by atoms with Crippen molar-refractivity contribution in [3.8, 4) is 0 Å². The largest absolute Gasteiger partial charge is 0.481 e. The van der Waals surface area contributed by atoms with E-state index in [1.807, 2.05) is 19.9 Å². The first-order chi connectivity index (χ1) is 8.65.